The smallest absolute Gasteiger partial charge is 0.305 e. The largest absolute Gasteiger partial charge is 0.481 e. The van der Waals surface area contributed by atoms with Gasteiger partial charge in [-0.1, -0.05) is 0 Å². The summed E-state index contributed by atoms with van der Waals surface area (Å²) in [6.07, 6.45) is 1.67. The third-order valence-electron chi connectivity index (χ3n) is 4.48. The molecule has 25 heavy (non-hydrogen) atoms. The minimum atomic E-state index is -3.32. The number of carbonyl (C=O) groups is 2. The molecule has 0 saturated carbocycles. The molecule has 0 radical (unpaired) electrons. The normalized spacial score (nSPS) is 20.4. The van der Waals surface area contributed by atoms with E-state index in [1.165, 1.54) is 10.6 Å². The van der Waals surface area contributed by atoms with Crippen LogP contribution in [-0.2, 0) is 21.2 Å². The number of anilines is 1. The fraction of sp³-hybridized carbons (Fsp3) is 0.500. The molecule has 3 rings (SSSR count). The SMILES string of the molecule is CS(=O)(=O)N1CCc2cc(C(=O)N3CCSCC3CC(=O)O)ccc21. The zero-order valence-corrected chi connectivity index (χ0v) is 15.5. The zero-order chi connectivity index (χ0) is 18.2. The minimum Gasteiger partial charge on any atom is -0.481 e. The van der Waals surface area contributed by atoms with Crippen LogP contribution in [0.2, 0.25) is 0 Å². The van der Waals surface area contributed by atoms with E-state index in [4.69, 9.17) is 5.11 Å². The molecule has 1 aromatic rings. The summed E-state index contributed by atoms with van der Waals surface area (Å²) in [6, 6.07) is 4.72. The van der Waals surface area contributed by atoms with Crippen LogP contribution < -0.4 is 4.31 Å². The van der Waals surface area contributed by atoms with Gasteiger partial charge in [-0.05, 0) is 30.2 Å². The van der Waals surface area contributed by atoms with Gasteiger partial charge in [-0.15, -0.1) is 0 Å². The molecular weight excluding hydrogens is 364 g/mol. The highest BCUT2D eigenvalue weighted by Crippen LogP contribution is 2.31. The predicted octanol–water partition coefficient (Wildman–Crippen LogP) is 1.04. The van der Waals surface area contributed by atoms with E-state index in [0.29, 0.717) is 36.5 Å². The van der Waals surface area contributed by atoms with Gasteiger partial charge in [-0.2, -0.15) is 11.8 Å². The summed E-state index contributed by atoms with van der Waals surface area (Å²) in [5.41, 5.74) is 1.93. The lowest BCUT2D eigenvalue weighted by Gasteiger charge is -2.34. The molecular formula is C16H20N2O5S2. The Morgan fingerprint density at radius 2 is 2.08 bits per heavy atom. The third-order valence-corrected chi connectivity index (χ3v) is 6.75. The van der Waals surface area contributed by atoms with E-state index in [1.54, 1.807) is 34.9 Å². The van der Waals surface area contributed by atoms with Crippen LogP contribution in [-0.4, -0.2) is 67.2 Å². The number of amides is 1. The lowest BCUT2D eigenvalue weighted by Crippen LogP contribution is -2.47. The van der Waals surface area contributed by atoms with E-state index in [0.717, 1.165) is 11.3 Å². The van der Waals surface area contributed by atoms with Crippen LogP contribution >= 0.6 is 11.8 Å². The van der Waals surface area contributed by atoms with Crippen LogP contribution in [0.1, 0.15) is 22.3 Å². The molecule has 1 aromatic carbocycles. The van der Waals surface area contributed by atoms with Crippen molar-refractivity contribution >= 4 is 39.3 Å². The summed E-state index contributed by atoms with van der Waals surface area (Å²) in [6.45, 7) is 0.905. The molecule has 0 aromatic heterocycles. The van der Waals surface area contributed by atoms with Gasteiger partial charge < -0.3 is 10.0 Å². The number of nitrogens with zero attached hydrogens (tertiary/aromatic N) is 2. The summed E-state index contributed by atoms with van der Waals surface area (Å²) >= 11 is 1.65. The molecule has 1 fully saturated rings. The van der Waals surface area contributed by atoms with Gasteiger partial charge in [0.05, 0.1) is 24.4 Å². The molecule has 2 aliphatic heterocycles. The number of benzene rings is 1. The standard InChI is InChI=1S/C16H20N2O5S2/c1-25(22,23)18-5-4-11-8-12(2-3-14(11)18)16(21)17-6-7-24-10-13(17)9-15(19)20/h2-3,8,13H,4-7,9-10H2,1H3,(H,19,20). The zero-order valence-electron chi connectivity index (χ0n) is 13.8. The van der Waals surface area contributed by atoms with Gasteiger partial charge in [0, 0.05) is 30.2 Å². The number of aliphatic carboxylic acids is 1. The molecule has 1 atom stereocenters. The van der Waals surface area contributed by atoms with Crippen LogP contribution in [0.15, 0.2) is 18.2 Å². The van der Waals surface area contributed by atoms with Crippen molar-refractivity contribution in [3.8, 4) is 0 Å². The van der Waals surface area contributed by atoms with E-state index in [1.807, 2.05) is 0 Å². The maximum atomic E-state index is 12.9. The summed E-state index contributed by atoms with van der Waals surface area (Å²) in [4.78, 5) is 25.5. The Kier molecular flexibility index (Phi) is 4.97. The molecule has 136 valence electrons. The Hall–Kier alpha value is -1.74. The highest BCUT2D eigenvalue weighted by atomic mass is 32.2. The van der Waals surface area contributed by atoms with Crippen molar-refractivity contribution in [2.24, 2.45) is 0 Å². The molecule has 0 spiro atoms. The van der Waals surface area contributed by atoms with E-state index < -0.39 is 16.0 Å². The molecule has 1 unspecified atom stereocenters. The first-order chi connectivity index (χ1) is 11.8. The van der Waals surface area contributed by atoms with Gasteiger partial charge in [0.1, 0.15) is 0 Å². The van der Waals surface area contributed by atoms with E-state index in [2.05, 4.69) is 0 Å². The first-order valence-corrected chi connectivity index (χ1v) is 11.0. The van der Waals surface area contributed by atoms with Crippen LogP contribution in [0.3, 0.4) is 0 Å². The summed E-state index contributed by atoms with van der Waals surface area (Å²) in [5, 5.41) is 9.06. The first-order valence-electron chi connectivity index (χ1n) is 7.98. The highest BCUT2D eigenvalue weighted by Gasteiger charge is 2.31. The molecule has 1 saturated heterocycles. The molecule has 0 aliphatic carbocycles. The number of sulfonamides is 1. The Morgan fingerprint density at radius 1 is 1.32 bits per heavy atom. The lowest BCUT2D eigenvalue weighted by atomic mass is 10.1. The number of rotatable bonds is 4. The van der Waals surface area contributed by atoms with Crippen molar-refractivity contribution < 1.29 is 23.1 Å². The topological polar surface area (TPSA) is 95.0 Å². The maximum absolute atomic E-state index is 12.9. The Bertz CT molecular complexity index is 809. The molecule has 7 nitrogen and oxygen atoms in total. The number of carboxylic acid groups (broad SMARTS) is 1. The first kappa shape index (κ1) is 18.1. The van der Waals surface area contributed by atoms with Crippen molar-refractivity contribution in [1.82, 2.24) is 4.90 Å². The fourth-order valence-corrected chi connectivity index (χ4v) is 5.33. The van der Waals surface area contributed by atoms with Crippen LogP contribution in [0.4, 0.5) is 5.69 Å². The second-order valence-corrected chi connectivity index (χ2v) is 9.31. The Balaban J connectivity index is 1.85. The van der Waals surface area contributed by atoms with Crippen molar-refractivity contribution in [3.05, 3.63) is 29.3 Å². The Labute approximate surface area is 151 Å². The molecule has 0 bridgehead atoms. The number of fused-ring (bicyclic) bond motifs is 1. The van der Waals surface area contributed by atoms with Gasteiger partial charge in [0.25, 0.3) is 5.91 Å². The summed E-state index contributed by atoms with van der Waals surface area (Å²) in [7, 11) is -3.32. The molecule has 2 heterocycles. The molecule has 1 N–H and O–H groups in total. The van der Waals surface area contributed by atoms with Gasteiger partial charge in [0.15, 0.2) is 0 Å². The second-order valence-electron chi connectivity index (χ2n) is 6.25. The van der Waals surface area contributed by atoms with E-state index >= 15 is 0 Å². The average Bonchev–Trinajstić information content (AvgIpc) is 2.97. The van der Waals surface area contributed by atoms with Gasteiger partial charge >= 0.3 is 5.97 Å². The average molecular weight is 384 g/mol. The predicted molar refractivity (Wildman–Crippen MR) is 96.7 cm³/mol. The quantitative estimate of drug-likeness (QED) is 0.833. The van der Waals surface area contributed by atoms with Gasteiger partial charge in [0.2, 0.25) is 10.0 Å². The number of hydrogen-bond donors (Lipinski definition) is 1. The number of carbonyl (C=O) groups excluding carboxylic acids is 1. The molecule has 9 heteroatoms. The second kappa shape index (κ2) is 6.87. The molecule has 2 aliphatic rings. The van der Waals surface area contributed by atoms with Gasteiger partial charge in [-0.3, -0.25) is 13.9 Å². The van der Waals surface area contributed by atoms with Crippen LogP contribution in [0, 0.1) is 0 Å². The van der Waals surface area contributed by atoms with E-state index in [-0.39, 0.29) is 18.4 Å². The molecule has 1 amide bonds. The highest BCUT2D eigenvalue weighted by molar-refractivity contribution is 7.99. The van der Waals surface area contributed by atoms with E-state index in [9.17, 15) is 18.0 Å². The van der Waals surface area contributed by atoms with Gasteiger partial charge in [-0.25, -0.2) is 8.42 Å². The van der Waals surface area contributed by atoms with Crippen LogP contribution in [0.25, 0.3) is 0 Å². The third kappa shape index (κ3) is 3.77. The number of hydrogen-bond acceptors (Lipinski definition) is 5. The van der Waals surface area contributed by atoms with Crippen molar-refractivity contribution in [2.75, 3.05) is 35.2 Å². The maximum Gasteiger partial charge on any atom is 0.305 e. The lowest BCUT2D eigenvalue weighted by molar-refractivity contribution is -0.138. The van der Waals surface area contributed by atoms with Crippen molar-refractivity contribution in [2.45, 2.75) is 18.9 Å². The Morgan fingerprint density at radius 3 is 2.76 bits per heavy atom. The fourth-order valence-electron chi connectivity index (χ4n) is 3.31. The number of carboxylic acids is 1. The van der Waals surface area contributed by atoms with Crippen molar-refractivity contribution in [1.29, 1.82) is 0 Å². The minimum absolute atomic E-state index is 0.0640. The number of thioether (sulfide) groups is 1. The summed E-state index contributed by atoms with van der Waals surface area (Å²) in [5.74, 6) is 0.301. The van der Waals surface area contributed by atoms with Crippen molar-refractivity contribution in [3.63, 3.8) is 0 Å². The summed E-state index contributed by atoms with van der Waals surface area (Å²) < 4.78 is 25.0. The van der Waals surface area contributed by atoms with Crippen LogP contribution in [0.5, 0.6) is 0 Å². The monoisotopic (exact) mass is 384 g/mol.